The molecule has 2 rings (SSSR count). The van der Waals surface area contributed by atoms with Gasteiger partial charge >= 0.3 is 12.1 Å². The average Bonchev–Trinajstić information content (AvgIpc) is 2.65. The molecule has 0 fully saturated rings. The maximum absolute atomic E-state index is 12.6. The molecule has 0 heterocycles. The van der Waals surface area contributed by atoms with Crippen LogP contribution in [0.2, 0.25) is 0 Å². The first-order valence-corrected chi connectivity index (χ1v) is 8.99. The van der Waals surface area contributed by atoms with Gasteiger partial charge in [-0.3, -0.25) is 0 Å². The highest BCUT2D eigenvalue weighted by Crippen LogP contribution is 2.31. The first-order chi connectivity index (χ1) is 13.5. The Bertz CT molecular complexity index is 833. The van der Waals surface area contributed by atoms with Crippen LogP contribution in [-0.4, -0.2) is 30.3 Å². The summed E-state index contributed by atoms with van der Waals surface area (Å²) in [5.41, 5.74) is -0.350. The SMILES string of the molecule is COc1cc(CCNCc2ccc(C(F)(F)F)cc2)ccc1OC(C)(C)C(=O)O. The summed E-state index contributed by atoms with van der Waals surface area (Å²) < 4.78 is 48.5. The Morgan fingerprint density at radius 2 is 1.66 bits per heavy atom. The standard InChI is InChI=1S/C21H24F3NO4/c1-20(2,19(26)27)29-17-9-6-14(12-18(17)28-3)10-11-25-13-15-4-7-16(8-5-15)21(22,23)24/h4-9,12,25H,10-11,13H2,1-3H3,(H,26,27). The van der Waals surface area contributed by atoms with E-state index in [1.807, 2.05) is 6.07 Å². The van der Waals surface area contributed by atoms with E-state index in [9.17, 15) is 23.1 Å². The highest BCUT2D eigenvalue weighted by atomic mass is 19.4. The zero-order valence-electron chi connectivity index (χ0n) is 16.5. The van der Waals surface area contributed by atoms with Gasteiger partial charge in [0.1, 0.15) is 0 Å². The summed E-state index contributed by atoms with van der Waals surface area (Å²) in [6, 6.07) is 10.3. The van der Waals surface area contributed by atoms with Crippen LogP contribution in [0, 0.1) is 0 Å². The van der Waals surface area contributed by atoms with Crippen LogP contribution in [0.15, 0.2) is 42.5 Å². The Labute approximate surface area is 167 Å². The second-order valence-electron chi connectivity index (χ2n) is 7.02. The van der Waals surface area contributed by atoms with Crippen molar-refractivity contribution in [1.29, 1.82) is 0 Å². The molecule has 0 atom stereocenters. The van der Waals surface area contributed by atoms with Crippen LogP contribution in [0.1, 0.15) is 30.5 Å². The van der Waals surface area contributed by atoms with Gasteiger partial charge in [0.15, 0.2) is 17.1 Å². The fourth-order valence-corrected chi connectivity index (χ4v) is 2.55. The number of rotatable bonds is 9. The third-order valence-corrected chi connectivity index (χ3v) is 4.31. The summed E-state index contributed by atoms with van der Waals surface area (Å²) in [5, 5.41) is 12.4. The van der Waals surface area contributed by atoms with E-state index >= 15 is 0 Å². The van der Waals surface area contributed by atoms with Crippen molar-refractivity contribution >= 4 is 5.97 Å². The van der Waals surface area contributed by atoms with E-state index < -0.39 is 23.3 Å². The van der Waals surface area contributed by atoms with Crippen LogP contribution in [0.5, 0.6) is 11.5 Å². The Kier molecular flexibility index (Phi) is 7.13. The van der Waals surface area contributed by atoms with Crippen LogP contribution in [0.25, 0.3) is 0 Å². The maximum Gasteiger partial charge on any atom is 0.416 e. The van der Waals surface area contributed by atoms with Crippen molar-refractivity contribution in [3.05, 3.63) is 59.2 Å². The minimum Gasteiger partial charge on any atom is -0.493 e. The third kappa shape index (κ3) is 6.39. The van der Waals surface area contributed by atoms with Crippen LogP contribution in [-0.2, 0) is 23.9 Å². The van der Waals surface area contributed by atoms with E-state index in [2.05, 4.69) is 5.32 Å². The number of nitrogens with one attached hydrogen (secondary N) is 1. The number of carbonyl (C=O) groups is 1. The molecule has 0 aliphatic rings. The van der Waals surface area contributed by atoms with Gasteiger partial charge in [0.05, 0.1) is 12.7 Å². The zero-order chi connectivity index (χ0) is 21.7. The number of hydrogen-bond donors (Lipinski definition) is 2. The molecular formula is C21H24F3NO4. The van der Waals surface area contributed by atoms with Crippen LogP contribution in [0.4, 0.5) is 13.2 Å². The summed E-state index contributed by atoms with van der Waals surface area (Å²) in [7, 11) is 1.47. The molecule has 0 bridgehead atoms. The molecule has 0 aliphatic heterocycles. The van der Waals surface area contributed by atoms with Gasteiger partial charge < -0.3 is 19.9 Å². The van der Waals surface area contributed by atoms with E-state index in [0.717, 1.165) is 23.3 Å². The Morgan fingerprint density at radius 1 is 1.03 bits per heavy atom. The topological polar surface area (TPSA) is 67.8 Å². The lowest BCUT2D eigenvalue weighted by atomic mass is 10.1. The van der Waals surface area contributed by atoms with E-state index in [-0.39, 0.29) is 0 Å². The third-order valence-electron chi connectivity index (χ3n) is 4.31. The van der Waals surface area contributed by atoms with Crippen molar-refractivity contribution in [2.75, 3.05) is 13.7 Å². The quantitative estimate of drug-likeness (QED) is 0.603. The number of methoxy groups -OCH3 is 1. The van der Waals surface area contributed by atoms with Crippen molar-refractivity contribution in [3.63, 3.8) is 0 Å². The van der Waals surface area contributed by atoms with Gasteiger partial charge in [-0.25, -0.2) is 4.79 Å². The van der Waals surface area contributed by atoms with Gasteiger partial charge in [0.25, 0.3) is 0 Å². The summed E-state index contributed by atoms with van der Waals surface area (Å²) in [4.78, 5) is 11.2. The Morgan fingerprint density at radius 3 is 2.21 bits per heavy atom. The molecule has 0 unspecified atom stereocenters. The van der Waals surface area contributed by atoms with Crippen molar-refractivity contribution in [2.45, 2.75) is 38.6 Å². The van der Waals surface area contributed by atoms with E-state index in [4.69, 9.17) is 9.47 Å². The predicted molar refractivity (Wildman–Crippen MR) is 102 cm³/mol. The Balaban J connectivity index is 1.90. The maximum atomic E-state index is 12.6. The number of carboxylic acid groups (broad SMARTS) is 1. The van der Waals surface area contributed by atoms with Crippen molar-refractivity contribution in [3.8, 4) is 11.5 Å². The number of hydrogen-bond acceptors (Lipinski definition) is 4. The van der Waals surface area contributed by atoms with E-state index in [1.165, 1.54) is 33.1 Å². The highest BCUT2D eigenvalue weighted by Gasteiger charge is 2.31. The van der Waals surface area contributed by atoms with E-state index in [1.54, 1.807) is 12.1 Å². The molecule has 2 aromatic carbocycles. The number of carboxylic acids is 1. The van der Waals surface area contributed by atoms with Crippen molar-refractivity contribution in [2.24, 2.45) is 0 Å². The molecule has 0 amide bonds. The first-order valence-electron chi connectivity index (χ1n) is 8.99. The second kappa shape index (κ2) is 9.17. The van der Waals surface area contributed by atoms with E-state index in [0.29, 0.717) is 31.0 Å². The Hall–Kier alpha value is -2.74. The molecule has 8 heteroatoms. The number of benzene rings is 2. The molecule has 0 radical (unpaired) electrons. The fraction of sp³-hybridized carbons (Fsp3) is 0.381. The summed E-state index contributed by atoms with van der Waals surface area (Å²) >= 11 is 0. The van der Waals surface area contributed by atoms with Gasteiger partial charge in [-0.05, 0) is 62.2 Å². The number of ether oxygens (including phenoxy) is 2. The molecule has 158 valence electrons. The zero-order valence-corrected chi connectivity index (χ0v) is 16.5. The molecule has 29 heavy (non-hydrogen) atoms. The normalized spacial score (nSPS) is 11.9. The highest BCUT2D eigenvalue weighted by molar-refractivity contribution is 5.77. The van der Waals surface area contributed by atoms with Gasteiger partial charge in [0.2, 0.25) is 0 Å². The lowest BCUT2D eigenvalue weighted by Gasteiger charge is -2.23. The van der Waals surface area contributed by atoms with Crippen LogP contribution < -0.4 is 14.8 Å². The van der Waals surface area contributed by atoms with Crippen molar-refractivity contribution in [1.82, 2.24) is 5.32 Å². The monoisotopic (exact) mass is 411 g/mol. The summed E-state index contributed by atoms with van der Waals surface area (Å²) in [6.45, 7) is 3.95. The largest absolute Gasteiger partial charge is 0.493 e. The molecule has 0 aromatic heterocycles. The van der Waals surface area contributed by atoms with Gasteiger partial charge in [-0.2, -0.15) is 13.2 Å². The molecule has 0 saturated carbocycles. The molecule has 2 N–H and O–H groups in total. The van der Waals surface area contributed by atoms with Crippen LogP contribution in [0.3, 0.4) is 0 Å². The fourth-order valence-electron chi connectivity index (χ4n) is 2.55. The number of alkyl halides is 3. The molecular weight excluding hydrogens is 387 g/mol. The van der Waals surface area contributed by atoms with Gasteiger partial charge in [0, 0.05) is 6.54 Å². The minimum atomic E-state index is -4.33. The van der Waals surface area contributed by atoms with Gasteiger partial charge in [-0.15, -0.1) is 0 Å². The molecule has 2 aromatic rings. The first kappa shape index (κ1) is 22.5. The average molecular weight is 411 g/mol. The lowest BCUT2D eigenvalue weighted by Crippen LogP contribution is -2.38. The van der Waals surface area contributed by atoms with Crippen LogP contribution >= 0.6 is 0 Å². The molecule has 0 saturated heterocycles. The predicted octanol–water partition coefficient (Wildman–Crippen LogP) is 4.29. The summed E-state index contributed by atoms with van der Waals surface area (Å²) in [6.07, 6.45) is -3.68. The van der Waals surface area contributed by atoms with Crippen molar-refractivity contribution < 1.29 is 32.5 Å². The molecule has 5 nitrogen and oxygen atoms in total. The summed E-state index contributed by atoms with van der Waals surface area (Å²) in [5.74, 6) is -0.322. The molecule has 0 spiro atoms. The molecule has 0 aliphatic carbocycles. The second-order valence-corrected chi connectivity index (χ2v) is 7.02. The number of halogens is 3. The number of aliphatic carboxylic acids is 1. The lowest BCUT2D eigenvalue weighted by molar-refractivity contribution is -0.152. The smallest absolute Gasteiger partial charge is 0.416 e. The minimum absolute atomic E-state index is 0.335. The van der Waals surface area contributed by atoms with Gasteiger partial charge in [-0.1, -0.05) is 18.2 Å².